The Kier molecular flexibility index (Phi) is 5.59. The van der Waals surface area contributed by atoms with Gasteiger partial charge in [-0.1, -0.05) is 52.7 Å². The number of hydrogen-bond acceptors (Lipinski definition) is 5. The molecule has 1 atom stereocenters. The van der Waals surface area contributed by atoms with Gasteiger partial charge in [0.25, 0.3) is 5.88 Å². The van der Waals surface area contributed by atoms with Crippen molar-refractivity contribution >= 4 is 33.5 Å². The average molecular weight is 426 g/mol. The number of benzene rings is 1. The Morgan fingerprint density at radius 2 is 2.16 bits per heavy atom. The first-order valence-electron chi connectivity index (χ1n) is 8.16. The fraction of sp³-hybridized carbons (Fsp3) is 0.389. The van der Waals surface area contributed by atoms with Gasteiger partial charge in [0.1, 0.15) is 10.6 Å². The van der Waals surface area contributed by atoms with E-state index in [-0.39, 0.29) is 16.8 Å². The maximum Gasteiger partial charge on any atom is 0.325 e. The highest BCUT2D eigenvalue weighted by atomic mass is 79.9. The Morgan fingerprint density at radius 1 is 1.40 bits per heavy atom. The smallest absolute Gasteiger partial charge is 0.325 e. The van der Waals surface area contributed by atoms with Crippen molar-refractivity contribution in [3.63, 3.8) is 0 Å². The molecule has 1 saturated carbocycles. The lowest BCUT2D eigenvalue weighted by Crippen LogP contribution is -2.20. The second kappa shape index (κ2) is 7.70. The minimum atomic E-state index is -0.427. The lowest BCUT2D eigenvalue weighted by atomic mass is 10.1. The van der Waals surface area contributed by atoms with Gasteiger partial charge in [0, 0.05) is 6.07 Å². The van der Waals surface area contributed by atoms with Crippen LogP contribution in [0.5, 0.6) is 17.4 Å². The minimum absolute atomic E-state index is 0.129. The summed E-state index contributed by atoms with van der Waals surface area (Å²) < 4.78 is 11.4. The van der Waals surface area contributed by atoms with E-state index >= 15 is 0 Å². The normalized spacial score (nSPS) is 14.9. The zero-order chi connectivity index (χ0) is 18.0. The number of nitrogens with zero attached hydrogens (tertiary/aromatic N) is 2. The van der Waals surface area contributed by atoms with Crippen LogP contribution in [0, 0.1) is 6.92 Å². The van der Waals surface area contributed by atoms with Gasteiger partial charge >= 0.3 is 5.97 Å². The summed E-state index contributed by atoms with van der Waals surface area (Å²) in [4.78, 5) is 11.7. The van der Waals surface area contributed by atoms with Crippen LogP contribution in [0.2, 0.25) is 5.15 Å². The zero-order valence-corrected chi connectivity index (χ0v) is 16.3. The number of alkyl halides is 1. The van der Waals surface area contributed by atoms with Gasteiger partial charge in [-0.2, -0.15) is 0 Å². The van der Waals surface area contributed by atoms with Gasteiger partial charge in [0.2, 0.25) is 0 Å². The van der Waals surface area contributed by atoms with Crippen molar-refractivity contribution in [3.8, 4) is 17.4 Å². The van der Waals surface area contributed by atoms with E-state index in [4.69, 9.17) is 21.1 Å². The average Bonchev–Trinajstić information content (AvgIpc) is 3.42. The van der Waals surface area contributed by atoms with E-state index < -0.39 is 10.8 Å². The predicted octanol–water partition coefficient (Wildman–Crippen LogP) is 5.19. The molecule has 2 aromatic rings. The maximum atomic E-state index is 12.1. The molecule has 1 aromatic carbocycles. The number of carbonyl (C=O) groups excluding carboxylic acids is 1. The first kappa shape index (κ1) is 18.1. The molecule has 0 aliphatic heterocycles. The number of ether oxygens (including phenoxy) is 2. The van der Waals surface area contributed by atoms with Gasteiger partial charge in [-0.05, 0) is 43.2 Å². The summed E-state index contributed by atoms with van der Waals surface area (Å²) in [5, 5.41) is 7.92. The summed E-state index contributed by atoms with van der Waals surface area (Å²) in [6.45, 7) is 3.85. The number of aromatic nitrogens is 2. The van der Waals surface area contributed by atoms with Crippen LogP contribution in [-0.2, 0) is 4.79 Å². The van der Waals surface area contributed by atoms with Crippen molar-refractivity contribution in [2.24, 2.45) is 0 Å². The summed E-state index contributed by atoms with van der Waals surface area (Å²) >= 11 is 9.18. The van der Waals surface area contributed by atoms with Crippen molar-refractivity contribution in [2.75, 3.05) is 0 Å². The van der Waals surface area contributed by atoms with Crippen molar-refractivity contribution in [1.82, 2.24) is 10.2 Å². The molecule has 132 valence electrons. The molecule has 1 aromatic heterocycles. The van der Waals surface area contributed by atoms with Crippen molar-refractivity contribution in [1.29, 1.82) is 0 Å². The molecule has 1 aliphatic carbocycles. The first-order chi connectivity index (χ1) is 12.0. The van der Waals surface area contributed by atoms with Crippen molar-refractivity contribution < 1.29 is 14.3 Å². The molecule has 0 spiro atoms. The summed E-state index contributed by atoms with van der Waals surface area (Å²) in [6.07, 6.45) is 2.90. The third-order valence-corrected chi connectivity index (χ3v) is 5.19. The summed E-state index contributed by atoms with van der Waals surface area (Å²) in [7, 11) is 0. The highest BCUT2D eigenvalue weighted by Crippen LogP contribution is 2.46. The van der Waals surface area contributed by atoms with Crippen LogP contribution in [0.4, 0.5) is 0 Å². The van der Waals surface area contributed by atoms with E-state index in [1.807, 2.05) is 26.0 Å². The number of halogens is 2. The fourth-order valence-corrected chi connectivity index (χ4v) is 2.68. The van der Waals surface area contributed by atoms with Crippen LogP contribution >= 0.6 is 27.5 Å². The van der Waals surface area contributed by atoms with E-state index in [9.17, 15) is 4.79 Å². The van der Waals surface area contributed by atoms with E-state index in [0.717, 1.165) is 29.7 Å². The summed E-state index contributed by atoms with van der Waals surface area (Å²) in [6, 6.07) is 7.48. The molecule has 1 unspecified atom stereocenters. The molecule has 0 amide bonds. The molecule has 0 N–H and O–H groups in total. The molecule has 0 radical (unpaired) electrons. The second-order valence-corrected chi connectivity index (χ2v) is 7.50. The summed E-state index contributed by atoms with van der Waals surface area (Å²) in [5.41, 5.74) is 2.13. The largest absolute Gasteiger partial charge is 0.434 e. The van der Waals surface area contributed by atoms with Gasteiger partial charge in [0.15, 0.2) is 10.9 Å². The minimum Gasteiger partial charge on any atom is -0.434 e. The fourth-order valence-electron chi connectivity index (χ4n) is 2.45. The van der Waals surface area contributed by atoms with Gasteiger partial charge in [-0.15, -0.1) is 10.2 Å². The molecule has 0 saturated heterocycles. The van der Waals surface area contributed by atoms with Gasteiger partial charge < -0.3 is 9.47 Å². The Balaban J connectivity index is 1.92. The van der Waals surface area contributed by atoms with E-state index in [2.05, 4.69) is 32.2 Å². The highest BCUT2D eigenvalue weighted by Gasteiger charge is 2.28. The quantitative estimate of drug-likeness (QED) is 0.471. The molecule has 0 bridgehead atoms. The Labute approximate surface area is 159 Å². The van der Waals surface area contributed by atoms with Crippen LogP contribution in [0.1, 0.15) is 43.2 Å². The molecular formula is C18H18BrClN2O3. The first-order valence-corrected chi connectivity index (χ1v) is 9.45. The molecule has 5 nitrogen and oxygen atoms in total. The zero-order valence-electron chi connectivity index (χ0n) is 14.0. The molecule has 7 heteroatoms. The standard InChI is InChI=1S/C18H18BrClN2O3/c1-3-13(19)18(23)24-14-9-15(20)21-22-17(14)25-16-10(2)5-4-6-12(16)11-7-8-11/h4-6,9,11,13H,3,7-8H2,1-2H3. The maximum absolute atomic E-state index is 12.1. The predicted molar refractivity (Wildman–Crippen MR) is 98.9 cm³/mol. The lowest BCUT2D eigenvalue weighted by molar-refractivity contribution is -0.133. The van der Waals surface area contributed by atoms with Crippen LogP contribution in [-0.4, -0.2) is 21.0 Å². The SMILES string of the molecule is CCC(Br)C(=O)Oc1cc(Cl)nnc1Oc1c(C)cccc1C1CC1. The van der Waals surface area contributed by atoms with Crippen LogP contribution in [0.3, 0.4) is 0 Å². The number of para-hydroxylation sites is 1. The van der Waals surface area contributed by atoms with Gasteiger partial charge in [-0.3, -0.25) is 4.79 Å². The molecule has 3 rings (SSSR count). The third-order valence-electron chi connectivity index (χ3n) is 3.98. The third kappa shape index (κ3) is 4.30. The van der Waals surface area contributed by atoms with Crippen LogP contribution in [0.25, 0.3) is 0 Å². The van der Waals surface area contributed by atoms with Crippen molar-refractivity contribution in [3.05, 3.63) is 40.5 Å². The number of carbonyl (C=O) groups is 1. The number of aryl methyl sites for hydroxylation is 1. The number of hydrogen-bond donors (Lipinski definition) is 0. The van der Waals surface area contributed by atoms with Crippen LogP contribution in [0.15, 0.2) is 24.3 Å². The summed E-state index contributed by atoms with van der Waals surface area (Å²) in [5.74, 6) is 1.11. The molecule has 1 aliphatic rings. The molecule has 25 heavy (non-hydrogen) atoms. The molecular weight excluding hydrogens is 408 g/mol. The Morgan fingerprint density at radius 3 is 2.84 bits per heavy atom. The van der Waals surface area contributed by atoms with Crippen LogP contribution < -0.4 is 9.47 Å². The molecule has 1 heterocycles. The highest BCUT2D eigenvalue weighted by molar-refractivity contribution is 9.10. The van der Waals surface area contributed by atoms with E-state index in [0.29, 0.717) is 12.3 Å². The van der Waals surface area contributed by atoms with Gasteiger partial charge in [-0.25, -0.2) is 0 Å². The molecule has 1 fully saturated rings. The Hall–Kier alpha value is -1.66. The topological polar surface area (TPSA) is 61.3 Å². The van der Waals surface area contributed by atoms with E-state index in [1.165, 1.54) is 6.07 Å². The van der Waals surface area contributed by atoms with E-state index in [1.54, 1.807) is 0 Å². The lowest BCUT2D eigenvalue weighted by Gasteiger charge is -2.15. The van der Waals surface area contributed by atoms with Crippen molar-refractivity contribution in [2.45, 2.75) is 43.9 Å². The Bertz CT molecular complexity index is 796. The monoisotopic (exact) mass is 424 g/mol. The number of esters is 1. The second-order valence-electron chi connectivity index (χ2n) is 6.00. The van der Waals surface area contributed by atoms with Gasteiger partial charge in [0.05, 0.1) is 0 Å². The number of rotatable bonds is 6.